The van der Waals surface area contributed by atoms with Gasteiger partial charge in [-0.1, -0.05) is 157 Å². The molecule has 1 aliphatic heterocycles. The minimum absolute atomic E-state index is 0.867. The minimum Gasteiger partial charge on any atom is -0.115 e. The van der Waals surface area contributed by atoms with E-state index in [1.165, 1.54) is 54.2 Å². The van der Waals surface area contributed by atoms with E-state index in [4.69, 9.17) is 12.8 Å². The van der Waals surface area contributed by atoms with Crippen LogP contribution in [0.3, 0.4) is 0 Å². The van der Waals surface area contributed by atoms with E-state index in [1.54, 1.807) is 0 Å². The van der Waals surface area contributed by atoms with Gasteiger partial charge in [0.15, 0.2) is 8.07 Å². The highest BCUT2D eigenvalue weighted by atomic mass is 28.3. The van der Waals surface area contributed by atoms with Gasteiger partial charge >= 0.3 is 0 Å². The topological polar surface area (TPSA) is 0 Å². The van der Waals surface area contributed by atoms with Crippen LogP contribution in [-0.4, -0.2) is 8.07 Å². The molecule has 210 valence electrons. The molecule has 6 aromatic carbocycles. The van der Waals surface area contributed by atoms with Crippen molar-refractivity contribution in [3.63, 3.8) is 0 Å². The van der Waals surface area contributed by atoms with Crippen molar-refractivity contribution < 1.29 is 0 Å². The lowest BCUT2D eigenvalue weighted by Gasteiger charge is -2.36. The van der Waals surface area contributed by atoms with Crippen LogP contribution in [0.2, 0.25) is 0 Å². The van der Waals surface area contributed by atoms with Gasteiger partial charge in [-0.3, -0.25) is 0 Å². The average molecular weight is 587 g/mol. The van der Waals surface area contributed by atoms with E-state index in [-0.39, 0.29) is 0 Å². The van der Waals surface area contributed by atoms with Gasteiger partial charge < -0.3 is 0 Å². The molecule has 0 radical (unpaired) electrons. The number of terminal acetylenes is 2. The lowest BCUT2D eigenvalue weighted by molar-refractivity contribution is 1.57. The van der Waals surface area contributed by atoms with E-state index < -0.39 is 8.07 Å². The Hall–Kier alpha value is -5.86. The Labute approximate surface area is 267 Å². The number of hydrogen-bond acceptors (Lipinski definition) is 0. The molecule has 0 amide bonds. The van der Waals surface area contributed by atoms with Crippen molar-refractivity contribution in [2.75, 3.05) is 0 Å². The first kappa shape index (κ1) is 27.9. The lowest BCUT2D eigenvalue weighted by atomic mass is 9.89. The average Bonchev–Trinajstić information content (AvgIpc) is 3.46. The number of rotatable bonds is 6. The van der Waals surface area contributed by atoms with Crippen LogP contribution in [0, 0.1) is 24.7 Å². The van der Waals surface area contributed by atoms with Crippen molar-refractivity contribution in [1.29, 1.82) is 0 Å². The van der Waals surface area contributed by atoms with Crippen LogP contribution < -0.4 is 10.4 Å². The molecule has 0 saturated heterocycles. The maximum atomic E-state index is 5.85. The predicted octanol–water partition coefficient (Wildman–Crippen LogP) is 8.53. The Morgan fingerprint density at radius 1 is 0.333 bits per heavy atom. The fraction of sp³-hybridized carbons (Fsp3) is 0. The van der Waals surface area contributed by atoms with E-state index >= 15 is 0 Å². The molecule has 0 fully saturated rings. The van der Waals surface area contributed by atoms with Gasteiger partial charge in [-0.05, 0) is 78.4 Å². The van der Waals surface area contributed by atoms with Crippen LogP contribution in [0.25, 0.3) is 21.5 Å². The van der Waals surface area contributed by atoms with Crippen molar-refractivity contribution in [2.24, 2.45) is 0 Å². The largest absolute Gasteiger partial charge is 0.182 e. The quantitative estimate of drug-likeness (QED) is 0.136. The minimum atomic E-state index is -3.02. The standard InChI is InChI=1S/C44H30Si/c1-3-33-25-29-37(30-26-33)43-41(35-17-9-5-10-18-35)42(36-19-11-6-12-20-36)44(38-31-27-34(4-2)28-32-38)45(43,39-21-13-7-14-22-39)40-23-15-8-16-24-40/h1-2,5-32H. The van der Waals surface area contributed by atoms with E-state index in [0.29, 0.717) is 0 Å². The third kappa shape index (κ3) is 4.77. The van der Waals surface area contributed by atoms with Crippen LogP contribution in [0.1, 0.15) is 33.4 Å². The summed E-state index contributed by atoms with van der Waals surface area (Å²) in [5, 5.41) is 5.35. The van der Waals surface area contributed by atoms with Crippen LogP contribution in [0.5, 0.6) is 0 Å². The molecule has 0 unspecified atom stereocenters. The summed E-state index contributed by atoms with van der Waals surface area (Å²) in [4.78, 5) is 0. The van der Waals surface area contributed by atoms with E-state index in [2.05, 4.69) is 182 Å². The molecule has 0 saturated carbocycles. The molecule has 0 atom stereocenters. The zero-order valence-corrected chi connectivity index (χ0v) is 25.8. The van der Waals surface area contributed by atoms with Crippen molar-refractivity contribution in [1.82, 2.24) is 0 Å². The third-order valence-electron chi connectivity index (χ3n) is 8.72. The second-order valence-corrected chi connectivity index (χ2v) is 14.8. The molecule has 1 heterocycles. The Bertz CT molecular complexity index is 1950. The summed E-state index contributed by atoms with van der Waals surface area (Å²) in [5.74, 6) is 5.64. The molecule has 0 aromatic heterocycles. The first-order chi connectivity index (χ1) is 22.3. The number of benzene rings is 6. The van der Waals surface area contributed by atoms with Crippen molar-refractivity contribution in [2.45, 2.75) is 0 Å². The van der Waals surface area contributed by atoms with Gasteiger partial charge in [0.1, 0.15) is 0 Å². The summed E-state index contributed by atoms with van der Waals surface area (Å²) in [6.45, 7) is 0. The fourth-order valence-electron chi connectivity index (χ4n) is 6.85. The Morgan fingerprint density at radius 3 is 0.956 bits per heavy atom. The monoisotopic (exact) mass is 586 g/mol. The zero-order chi connectivity index (χ0) is 30.6. The molecule has 45 heavy (non-hydrogen) atoms. The van der Waals surface area contributed by atoms with Crippen LogP contribution in [0.15, 0.2) is 170 Å². The molecule has 0 bridgehead atoms. The predicted molar refractivity (Wildman–Crippen MR) is 193 cm³/mol. The zero-order valence-electron chi connectivity index (χ0n) is 24.8. The molecule has 7 rings (SSSR count). The van der Waals surface area contributed by atoms with Crippen molar-refractivity contribution >= 4 is 40.0 Å². The van der Waals surface area contributed by atoms with Gasteiger partial charge in [-0.2, -0.15) is 0 Å². The van der Waals surface area contributed by atoms with E-state index in [1.807, 2.05) is 0 Å². The van der Waals surface area contributed by atoms with Crippen LogP contribution in [0.4, 0.5) is 0 Å². The summed E-state index contributed by atoms with van der Waals surface area (Å²) in [6, 6.07) is 61.0. The molecular formula is C44H30Si. The van der Waals surface area contributed by atoms with Gasteiger partial charge in [0.25, 0.3) is 0 Å². The highest BCUT2D eigenvalue weighted by Crippen LogP contribution is 2.55. The molecule has 0 N–H and O–H groups in total. The molecule has 1 heteroatoms. The first-order valence-electron chi connectivity index (χ1n) is 15.1. The lowest BCUT2D eigenvalue weighted by Crippen LogP contribution is -2.59. The smallest absolute Gasteiger partial charge is 0.115 e. The summed E-state index contributed by atoms with van der Waals surface area (Å²) in [5.41, 5.74) is 8.97. The molecule has 6 aromatic rings. The highest BCUT2D eigenvalue weighted by molar-refractivity contribution is 7.29. The maximum Gasteiger partial charge on any atom is 0.182 e. The molecule has 0 spiro atoms. The van der Waals surface area contributed by atoms with Crippen LogP contribution >= 0.6 is 0 Å². The van der Waals surface area contributed by atoms with Gasteiger partial charge in [-0.25, -0.2) is 0 Å². The van der Waals surface area contributed by atoms with Crippen LogP contribution in [-0.2, 0) is 0 Å². The second-order valence-electron chi connectivity index (χ2n) is 11.2. The van der Waals surface area contributed by atoms with Crippen molar-refractivity contribution in [3.8, 4) is 24.7 Å². The van der Waals surface area contributed by atoms with Gasteiger partial charge in [0, 0.05) is 11.1 Å². The van der Waals surface area contributed by atoms with Gasteiger partial charge in [0.05, 0.1) is 0 Å². The number of hydrogen-bond donors (Lipinski definition) is 0. The molecule has 1 aliphatic rings. The maximum absolute atomic E-state index is 5.85. The van der Waals surface area contributed by atoms with E-state index in [0.717, 1.165) is 11.1 Å². The highest BCUT2D eigenvalue weighted by Gasteiger charge is 2.53. The molecular weight excluding hydrogens is 557 g/mol. The Morgan fingerprint density at radius 2 is 0.644 bits per heavy atom. The second kappa shape index (κ2) is 12.0. The summed E-state index contributed by atoms with van der Waals surface area (Å²) >= 11 is 0. The third-order valence-corrected chi connectivity index (χ3v) is 13.7. The molecule has 0 nitrogen and oxygen atoms in total. The normalized spacial score (nSPS) is 13.7. The fourth-order valence-corrected chi connectivity index (χ4v) is 12.5. The SMILES string of the molecule is C#Cc1ccc(C2=C(c3ccccc3)C(c3ccccc3)=C(c3ccc(C#C)cc3)[Si]2(c2ccccc2)c2ccccc2)cc1. The summed E-state index contributed by atoms with van der Waals surface area (Å²) in [7, 11) is -3.02. The summed E-state index contributed by atoms with van der Waals surface area (Å²) in [6.07, 6.45) is 11.7. The van der Waals surface area contributed by atoms with Crippen molar-refractivity contribution in [3.05, 3.63) is 203 Å². The van der Waals surface area contributed by atoms with E-state index in [9.17, 15) is 0 Å². The summed E-state index contributed by atoms with van der Waals surface area (Å²) < 4.78 is 0. The Kier molecular flexibility index (Phi) is 7.47. The number of allylic oxidation sites excluding steroid dienone is 2. The first-order valence-corrected chi connectivity index (χ1v) is 17.1. The Balaban J connectivity index is 1.76. The van der Waals surface area contributed by atoms with Gasteiger partial charge in [0.2, 0.25) is 0 Å². The van der Waals surface area contributed by atoms with Gasteiger partial charge in [-0.15, -0.1) is 12.8 Å². The molecule has 0 aliphatic carbocycles.